The van der Waals surface area contributed by atoms with Gasteiger partial charge in [-0.3, -0.25) is 4.99 Å². The molecule has 1 heterocycles. The number of aryl methyl sites for hydroxylation is 1. The van der Waals surface area contributed by atoms with Crippen LogP contribution in [0, 0.1) is 6.92 Å². The minimum absolute atomic E-state index is 0. The van der Waals surface area contributed by atoms with E-state index in [2.05, 4.69) is 20.6 Å². The van der Waals surface area contributed by atoms with E-state index in [-0.39, 0.29) is 24.0 Å². The summed E-state index contributed by atoms with van der Waals surface area (Å²) in [5.74, 6) is 1.35. The van der Waals surface area contributed by atoms with Crippen molar-refractivity contribution < 1.29 is 13.2 Å². The van der Waals surface area contributed by atoms with Gasteiger partial charge in [0.05, 0.1) is 4.90 Å². The first-order valence-corrected chi connectivity index (χ1v) is 12.6. The lowest BCUT2D eigenvalue weighted by Crippen LogP contribution is -2.36. The van der Waals surface area contributed by atoms with Crippen molar-refractivity contribution in [3.05, 3.63) is 53.2 Å². The first-order chi connectivity index (χ1) is 14.8. The molecule has 7 nitrogen and oxygen atoms in total. The number of pyridine rings is 1. The largest absolute Gasteiger partial charge is 0.474 e. The van der Waals surface area contributed by atoms with Crippen LogP contribution in [0.5, 0.6) is 5.88 Å². The fourth-order valence-corrected chi connectivity index (χ4v) is 4.73. The van der Waals surface area contributed by atoms with Gasteiger partial charge in [-0.25, -0.2) is 13.4 Å². The Morgan fingerprint density at radius 2 is 1.75 bits per heavy atom. The zero-order chi connectivity index (χ0) is 22.3. The SMILES string of the molecule is CN=C(NCc1ccc(OC2CCCCC2)nc1)NCc1ccc(S(C)(=O)=O)c(C)c1.I. The Labute approximate surface area is 208 Å². The minimum atomic E-state index is -3.21. The van der Waals surface area contributed by atoms with Gasteiger partial charge in [-0.15, -0.1) is 24.0 Å². The topological polar surface area (TPSA) is 92.7 Å². The van der Waals surface area contributed by atoms with Gasteiger partial charge in [0.1, 0.15) is 6.10 Å². The van der Waals surface area contributed by atoms with Gasteiger partial charge in [0.15, 0.2) is 15.8 Å². The number of halogens is 1. The van der Waals surface area contributed by atoms with Gasteiger partial charge in [-0.2, -0.15) is 0 Å². The second-order valence-electron chi connectivity index (χ2n) is 8.03. The predicted molar refractivity (Wildman–Crippen MR) is 138 cm³/mol. The summed E-state index contributed by atoms with van der Waals surface area (Å²) in [6.07, 6.45) is 9.35. The summed E-state index contributed by atoms with van der Waals surface area (Å²) >= 11 is 0. The number of aliphatic imine (C=N–C) groups is 1. The summed E-state index contributed by atoms with van der Waals surface area (Å²) in [5.41, 5.74) is 2.76. The van der Waals surface area contributed by atoms with Gasteiger partial charge in [0, 0.05) is 38.7 Å². The van der Waals surface area contributed by atoms with Gasteiger partial charge in [0.25, 0.3) is 0 Å². The van der Waals surface area contributed by atoms with Crippen LogP contribution in [0.15, 0.2) is 46.4 Å². The highest BCUT2D eigenvalue weighted by atomic mass is 127. The smallest absolute Gasteiger partial charge is 0.213 e. The number of nitrogens with one attached hydrogen (secondary N) is 2. The van der Waals surface area contributed by atoms with E-state index in [1.54, 1.807) is 13.1 Å². The summed E-state index contributed by atoms with van der Waals surface area (Å²) in [7, 11) is -1.49. The standard InChI is InChI=1S/C23H32N4O3S.HI/c1-17-13-18(9-11-21(17)31(3,28)29)14-26-23(24-2)27-16-19-10-12-22(25-15-19)30-20-7-5-4-6-8-20;/h9-13,15,20H,4-8,14,16H2,1-3H3,(H2,24,26,27);1H. The average Bonchev–Trinajstić information content (AvgIpc) is 2.75. The molecular weight excluding hydrogens is 539 g/mol. The molecule has 2 aromatic rings. The monoisotopic (exact) mass is 572 g/mol. The first-order valence-electron chi connectivity index (χ1n) is 10.7. The van der Waals surface area contributed by atoms with Crippen molar-refractivity contribution in [3.63, 3.8) is 0 Å². The number of aromatic nitrogens is 1. The highest BCUT2D eigenvalue weighted by molar-refractivity contribution is 14.0. The lowest BCUT2D eigenvalue weighted by atomic mass is 9.98. The molecule has 1 aromatic carbocycles. The van der Waals surface area contributed by atoms with Crippen LogP contribution < -0.4 is 15.4 Å². The van der Waals surface area contributed by atoms with E-state index in [1.807, 2.05) is 37.4 Å². The molecule has 0 bridgehead atoms. The molecule has 0 spiro atoms. The maximum absolute atomic E-state index is 11.8. The summed E-state index contributed by atoms with van der Waals surface area (Å²) in [5, 5.41) is 6.52. The summed E-state index contributed by atoms with van der Waals surface area (Å²) in [4.78, 5) is 9.05. The molecule has 1 aliphatic rings. The molecule has 2 N–H and O–H groups in total. The lowest BCUT2D eigenvalue weighted by Gasteiger charge is -2.22. The third-order valence-electron chi connectivity index (χ3n) is 5.42. The van der Waals surface area contributed by atoms with Crippen molar-refractivity contribution in [2.75, 3.05) is 13.3 Å². The molecule has 1 fully saturated rings. The van der Waals surface area contributed by atoms with Crippen LogP contribution in [-0.2, 0) is 22.9 Å². The molecule has 0 atom stereocenters. The molecular formula is C23H33IN4O3S. The molecule has 0 unspecified atom stereocenters. The fraction of sp³-hybridized carbons (Fsp3) is 0.478. The highest BCUT2D eigenvalue weighted by Crippen LogP contribution is 2.22. The van der Waals surface area contributed by atoms with Crippen molar-refractivity contribution >= 4 is 39.8 Å². The predicted octanol–water partition coefficient (Wildman–Crippen LogP) is 3.99. The number of ether oxygens (including phenoxy) is 1. The molecule has 1 saturated carbocycles. The van der Waals surface area contributed by atoms with Gasteiger partial charge >= 0.3 is 0 Å². The van der Waals surface area contributed by atoms with Crippen LogP contribution in [0.25, 0.3) is 0 Å². The Kier molecular flexibility index (Phi) is 10.2. The maximum atomic E-state index is 11.8. The highest BCUT2D eigenvalue weighted by Gasteiger charge is 2.15. The van der Waals surface area contributed by atoms with Crippen LogP contribution >= 0.6 is 24.0 Å². The lowest BCUT2D eigenvalue weighted by molar-refractivity contribution is 0.148. The second-order valence-corrected chi connectivity index (χ2v) is 10.0. The normalized spacial score (nSPS) is 15.0. The molecule has 0 radical (unpaired) electrons. The zero-order valence-corrected chi connectivity index (χ0v) is 22.1. The average molecular weight is 573 g/mol. The maximum Gasteiger partial charge on any atom is 0.213 e. The van der Waals surface area contributed by atoms with E-state index in [0.29, 0.717) is 35.9 Å². The van der Waals surface area contributed by atoms with Crippen LogP contribution in [0.3, 0.4) is 0 Å². The Balaban J connectivity index is 0.00000363. The van der Waals surface area contributed by atoms with Gasteiger partial charge in [-0.05, 0) is 55.4 Å². The van der Waals surface area contributed by atoms with Crippen LogP contribution in [-0.4, -0.2) is 38.8 Å². The van der Waals surface area contributed by atoms with E-state index in [0.717, 1.165) is 29.5 Å². The van der Waals surface area contributed by atoms with Crippen LogP contribution in [0.2, 0.25) is 0 Å². The van der Waals surface area contributed by atoms with Crippen LogP contribution in [0.4, 0.5) is 0 Å². The molecule has 1 aromatic heterocycles. The number of rotatable bonds is 7. The third-order valence-corrected chi connectivity index (χ3v) is 6.68. The molecule has 32 heavy (non-hydrogen) atoms. The van der Waals surface area contributed by atoms with Crippen molar-refractivity contribution in [3.8, 4) is 5.88 Å². The molecule has 176 valence electrons. The van der Waals surface area contributed by atoms with Crippen molar-refractivity contribution in [2.24, 2.45) is 4.99 Å². The fourth-order valence-electron chi connectivity index (χ4n) is 3.77. The Hall–Kier alpha value is -1.88. The zero-order valence-electron chi connectivity index (χ0n) is 18.9. The quantitative estimate of drug-likeness (QED) is 0.296. The first kappa shape index (κ1) is 26.4. The molecule has 0 amide bonds. The van der Waals surface area contributed by atoms with E-state index < -0.39 is 9.84 Å². The number of nitrogens with zero attached hydrogens (tertiary/aromatic N) is 2. The summed E-state index contributed by atoms with van der Waals surface area (Å²) in [6, 6.07) is 9.29. The molecule has 9 heteroatoms. The van der Waals surface area contributed by atoms with Crippen LogP contribution in [0.1, 0.15) is 48.8 Å². The Morgan fingerprint density at radius 3 is 2.31 bits per heavy atom. The Morgan fingerprint density at radius 1 is 1.09 bits per heavy atom. The van der Waals surface area contributed by atoms with Gasteiger partial charge < -0.3 is 15.4 Å². The van der Waals surface area contributed by atoms with E-state index in [4.69, 9.17) is 4.74 Å². The molecule has 3 rings (SSSR count). The molecule has 1 aliphatic carbocycles. The minimum Gasteiger partial charge on any atom is -0.474 e. The number of benzene rings is 1. The third kappa shape index (κ3) is 7.91. The number of hydrogen-bond donors (Lipinski definition) is 2. The number of hydrogen-bond acceptors (Lipinski definition) is 5. The number of guanidine groups is 1. The summed E-state index contributed by atoms with van der Waals surface area (Å²) in [6.45, 7) is 2.93. The van der Waals surface area contributed by atoms with Crippen molar-refractivity contribution in [2.45, 2.75) is 63.1 Å². The van der Waals surface area contributed by atoms with E-state index in [1.165, 1.54) is 25.5 Å². The van der Waals surface area contributed by atoms with Gasteiger partial charge in [-0.1, -0.05) is 24.6 Å². The molecule has 0 aliphatic heterocycles. The van der Waals surface area contributed by atoms with Gasteiger partial charge in [0.2, 0.25) is 5.88 Å². The van der Waals surface area contributed by atoms with Crippen molar-refractivity contribution in [1.82, 2.24) is 15.6 Å². The van der Waals surface area contributed by atoms with E-state index in [9.17, 15) is 8.42 Å². The Bertz CT molecular complexity index is 1000. The summed E-state index contributed by atoms with van der Waals surface area (Å²) < 4.78 is 29.5. The number of sulfone groups is 1. The van der Waals surface area contributed by atoms with Crippen molar-refractivity contribution in [1.29, 1.82) is 0 Å². The molecule has 0 saturated heterocycles. The van der Waals surface area contributed by atoms with E-state index >= 15 is 0 Å². The second kappa shape index (κ2) is 12.4.